The summed E-state index contributed by atoms with van der Waals surface area (Å²) in [7, 11) is 2.09. The molecule has 33 heavy (non-hydrogen) atoms. The molecule has 2 atom stereocenters. The summed E-state index contributed by atoms with van der Waals surface area (Å²) in [5, 5.41) is 3.04. The van der Waals surface area contributed by atoms with Crippen molar-refractivity contribution >= 4 is 17.5 Å². The molecule has 2 unspecified atom stereocenters. The van der Waals surface area contributed by atoms with Crippen LogP contribution < -0.4 is 10.2 Å². The molecule has 1 N–H and O–H groups in total. The van der Waals surface area contributed by atoms with E-state index in [1.807, 2.05) is 38.1 Å². The predicted octanol–water partition coefficient (Wildman–Crippen LogP) is 3.11. The normalized spacial score (nSPS) is 20.2. The largest absolute Gasteiger partial charge is 0.369 e. The number of rotatable bonds is 6. The molecule has 2 aromatic carbocycles. The molecule has 6 nitrogen and oxygen atoms in total. The summed E-state index contributed by atoms with van der Waals surface area (Å²) in [5.74, 6) is -0.876. The monoisotopic (exact) mass is 452 g/mol. The van der Waals surface area contributed by atoms with Crippen LogP contribution in [0, 0.1) is 18.7 Å². The molecule has 0 spiro atoms. The van der Waals surface area contributed by atoms with Crippen LogP contribution in [0.15, 0.2) is 42.5 Å². The average Bonchev–Trinajstić information content (AvgIpc) is 3.16. The Morgan fingerprint density at radius 1 is 1.12 bits per heavy atom. The standard InChI is InChI=1S/C26H33FN4O2/c1-18-4-6-20(7-5-18)16-31-17-21(14-25(31)32)26(33)28-19(2)23-15-22(27)8-9-24(23)30-12-10-29(3)11-13-30/h4-9,15,19,21H,10-14,16-17H2,1-3H3,(H,28,33). The van der Waals surface area contributed by atoms with Gasteiger partial charge in [-0.1, -0.05) is 29.8 Å². The van der Waals surface area contributed by atoms with Gasteiger partial charge in [0, 0.05) is 56.9 Å². The van der Waals surface area contributed by atoms with E-state index in [9.17, 15) is 14.0 Å². The first kappa shape index (κ1) is 23.2. The van der Waals surface area contributed by atoms with E-state index in [1.54, 1.807) is 11.0 Å². The summed E-state index contributed by atoms with van der Waals surface area (Å²) in [4.78, 5) is 31.8. The number of likely N-dealkylation sites (N-methyl/N-ethyl adjacent to an activating group) is 1. The molecule has 2 saturated heterocycles. The number of aryl methyl sites for hydroxylation is 1. The molecule has 2 fully saturated rings. The van der Waals surface area contributed by atoms with Crippen molar-refractivity contribution in [3.63, 3.8) is 0 Å². The number of carbonyl (C=O) groups is 2. The molecule has 0 radical (unpaired) electrons. The number of hydrogen-bond donors (Lipinski definition) is 1. The second-order valence-electron chi connectivity index (χ2n) is 9.38. The number of likely N-dealkylation sites (tertiary alicyclic amines) is 1. The minimum atomic E-state index is -0.397. The Morgan fingerprint density at radius 3 is 2.52 bits per heavy atom. The van der Waals surface area contributed by atoms with Crippen molar-refractivity contribution < 1.29 is 14.0 Å². The van der Waals surface area contributed by atoms with Gasteiger partial charge in [-0.15, -0.1) is 0 Å². The van der Waals surface area contributed by atoms with E-state index in [0.717, 1.165) is 43.0 Å². The fraction of sp³-hybridized carbons (Fsp3) is 0.462. The smallest absolute Gasteiger partial charge is 0.225 e. The fourth-order valence-corrected chi connectivity index (χ4v) is 4.63. The first-order chi connectivity index (χ1) is 15.8. The quantitative estimate of drug-likeness (QED) is 0.732. The van der Waals surface area contributed by atoms with Crippen molar-refractivity contribution in [2.24, 2.45) is 5.92 Å². The highest BCUT2D eigenvalue weighted by atomic mass is 19.1. The molecule has 2 heterocycles. The highest BCUT2D eigenvalue weighted by Crippen LogP contribution is 2.29. The molecule has 2 aliphatic heterocycles. The van der Waals surface area contributed by atoms with Gasteiger partial charge in [0.15, 0.2) is 0 Å². The maximum atomic E-state index is 14.1. The van der Waals surface area contributed by atoms with E-state index in [1.165, 1.54) is 17.7 Å². The highest BCUT2D eigenvalue weighted by molar-refractivity contribution is 5.89. The first-order valence-corrected chi connectivity index (χ1v) is 11.7. The molecule has 176 valence electrons. The van der Waals surface area contributed by atoms with E-state index in [2.05, 4.69) is 22.2 Å². The summed E-state index contributed by atoms with van der Waals surface area (Å²) in [5.41, 5.74) is 3.96. The molecule has 0 saturated carbocycles. The zero-order valence-electron chi connectivity index (χ0n) is 19.7. The zero-order valence-corrected chi connectivity index (χ0v) is 19.7. The minimum absolute atomic E-state index is 0.00717. The van der Waals surface area contributed by atoms with Gasteiger partial charge in [0.1, 0.15) is 5.82 Å². The van der Waals surface area contributed by atoms with E-state index < -0.39 is 5.92 Å². The van der Waals surface area contributed by atoms with Crippen molar-refractivity contribution in [3.8, 4) is 0 Å². The molecule has 0 aliphatic carbocycles. The van der Waals surface area contributed by atoms with E-state index in [-0.39, 0.29) is 30.1 Å². The number of nitrogens with zero attached hydrogens (tertiary/aromatic N) is 3. The number of carbonyl (C=O) groups excluding carboxylic acids is 2. The summed E-state index contributed by atoms with van der Waals surface area (Å²) in [6.07, 6.45) is 0.207. The second kappa shape index (κ2) is 9.91. The van der Waals surface area contributed by atoms with Crippen molar-refractivity contribution in [1.82, 2.24) is 15.1 Å². The molecule has 7 heteroatoms. The lowest BCUT2D eigenvalue weighted by atomic mass is 10.0. The van der Waals surface area contributed by atoms with Gasteiger partial charge < -0.3 is 20.0 Å². The predicted molar refractivity (Wildman–Crippen MR) is 127 cm³/mol. The van der Waals surface area contributed by atoms with Crippen LogP contribution in [-0.4, -0.2) is 61.4 Å². The lowest BCUT2D eigenvalue weighted by molar-refractivity contribution is -0.129. The van der Waals surface area contributed by atoms with Crippen molar-refractivity contribution in [3.05, 3.63) is 65.0 Å². The van der Waals surface area contributed by atoms with Crippen LogP contribution in [0.5, 0.6) is 0 Å². The SMILES string of the molecule is Cc1ccc(CN2CC(C(=O)NC(C)c3cc(F)ccc3N3CCN(C)CC3)CC2=O)cc1. The minimum Gasteiger partial charge on any atom is -0.369 e. The number of amides is 2. The van der Waals surface area contributed by atoms with Crippen LogP contribution in [0.1, 0.15) is 36.1 Å². The van der Waals surface area contributed by atoms with Crippen molar-refractivity contribution in [2.45, 2.75) is 32.9 Å². The van der Waals surface area contributed by atoms with Crippen LogP contribution in [0.3, 0.4) is 0 Å². The maximum Gasteiger partial charge on any atom is 0.225 e. The first-order valence-electron chi connectivity index (χ1n) is 11.7. The lowest BCUT2D eigenvalue weighted by Gasteiger charge is -2.36. The molecule has 0 aromatic heterocycles. The highest BCUT2D eigenvalue weighted by Gasteiger charge is 2.35. The molecule has 2 aromatic rings. The summed E-state index contributed by atoms with van der Waals surface area (Å²) < 4.78 is 14.1. The third-order valence-corrected chi connectivity index (χ3v) is 6.74. The van der Waals surface area contributed by atoms with Crippen LogP contribution in [0.2, 0.25) is 0 Å². The zero-order chi connectivity index (χ0) is 23.5. The van der Waals surface area contributed by atoms with E-state index in [0.29, 0.717) is 13.1 Å². The second-order valence-corrected chi connectivity index (χ2v) is 9.38. The number of hydrogen-bond acceptors (Lipinski definition) is 4. The number of anilines is 1. The maximum absolute atomic E-state index is 14.1. The van der Waals surface area contributed by atoms with E-state index >= 15 is 0 Å². The van der Waals surface area contributed by atoms with Crippen molar-refractivity contribution in [1.29, 1.82) is 0 Å². The van der Waals surface area contributed by atoms with Crippen molar-refractivity contribution in [2.75, 3.05) is 44.7 Å². The Balaban J connectivity index is 1.41. The van der Waals surface area contributed by atoms with Gasteiger partial charge in [-0.2, -0.15) is 0 Å². The van der Waals surface area contributed by atoms with Gasteiger partial charge >= 0.3 is 0 Å². The summed E-state index contributed by atoms with van der Waals surface area (Å²) in [6.45, 7) is 8.43. The van der Waals surface area contributed by atoms with Crippen LogP contribution in [0.25, 0.3) is 0 Å². The van der Waals surface area contributed by atoms with Gasteiger partial charge in [-0.3, -0.25) is 9.59 Å². The van der Waals surface area contributed by atoms with Crippen LogP contribution in [0.4, 0.5) is 10.1 Å². The molecular formula is C26H33FN4O2. The lowest BCUT2D eigenvalue weighted by Crippen LogP contribution is -2.45. The average molecular weight is 453 g/mol. The third kappa shape index (κ3) is 5.53. The van der Waals surface area contributed by atoms with E-state index in [4.69, 9.17) is 0 Å². The Kier molecular flexibility index (Phi) is 6.98. The number of halogens is 1. The number of nitrogens with one attached hydrogen (secondary N) is 1. The Morgan fingerprint density at radius 2 is 1.82 bits per heavy atom. The Hall–Kier alpha value is -2.93. The molecule has 2 amide bonds. The van der Waals surface area contributed by atoms with Gasteiger partial charge in [0.25, 0.3) is 0 Å². The summed E-state index contributed by atoms with van der Waals surface area (Å²) >= 11 is 0. The van der Waals surface area contributed by atoms with Crippen LogP contribution in [-0.2, 0) is 16.1 Å². The third-order valence-electron chi connectivity index (χ3n) is 6.74. The number of benzene rings is 2. The van der Waals surface area contributed by atoms with Crippen LogP contribution >= 0.6 is 0 Å². The Labute approximate surface area is 195 Å². The molecular weight excluding hydrogens is 419 g/mol. The topological polar surface area (TPSA) is 55.9 Å². The molecule has 0 bridgehead atoms. The van der Waals surface area contributed by atoms with Gasteiger partial charge in [0.2, 0.25) is 11.8 Å². The Bertz CT molecular complexity index is 1000. The number of piperazine rings is 1. The summed E-state index contributed by atoms with van der Waals surface area (Å²) in [6, 6.07) is 12.5. The van der Waals surface area contributed by atoms with Gasteiger partial charge in [-0.25, -0.2) is 4.39 Å². The van der Waals surface area contributed by atoms with Gasteiger partial charge in [-0.05, 0) is 44.7 Å². The van der Waals surface area contributed by atoms with Gasteiger partial charge in [0.05, 0.1) is 12.0 Å². The molecule has 4 rings (SSSR count). The molecule has 2 aliphatic rings. The fourth-order valence-electron chi connectivity index (χ4n) is 4.63.